The lowest BCUT2D eigenvalue weighted by atomic mass is 9.98. The number of carbonyl (C=O) groups is 2. The summed E-state index contributed by atoms with van der Waals surface area (Å²) >= 11 is 5.87. The summed E-state index contributed by atoms with van der Waals surface area (Å²) in [6.45, 7) is 4.13. The summed E-state index contributed by atoms with van der Waals surface area (Å²) in [7, 11) is 0. The first-order valence-corrected chi connectivity index (χ1v) is 9.39. The van der Waals surface area contributed by atoms with E-state index in [1.54, 1.807) is 42.5 Å². The summed E-state index contributed by atoms with van der Waals surface area (Å²) in [6.07, 6.45) is 3.72. The van der Waals surface area contributed by atoms with Crippen LogP contribution in [0.5, 0.6) is 0 Å². The molecule has 0 radical (unpaired) electrons. The zero-order valence-corrected chi connectivity index (χ0v) is 16.0. The molecule has 1 atom stereocenters. The van der Waals surface area contributed by atoms with Crippen LogP contribution in [0.4, 0.5) is 11.4 Å². The van der Waals surface area contributed by atoms with Gasteiger partial charge in [-0.25, -0.2) is 0 Å². The van der Waals surface area contributed by atoms with Crippen LogP contribution in [0, 0.1) is 5.92 Å². The Morgan fingerprint density at radius 2 is 1.69 bits per heavy atom. The number of halogens is 1. The van der Waals surface area contributed by atoms with E-state index in [4.69, 9.17) is 11.6 Å². The van der Waals surface area contributed by atoms with E-state index in [0.717, 1.165) is 25.7 Å². The first-order valence-electron chi connectivity index (χ1n) is 9.02. The SMILES string of the molecule is CCCC[C@H](CC)C(=O)Nc1ccccc1C(=O)Nc1ccc(Cl)cc1. The molecule has 0 aliphatic rings. The van der Waals surface area contributed by atoms with Gasteiger partial charge in [-0.05, 0) is 49.2 Å². The van der Waals surface area contributed by atoms with E-state index in [9.17, 15) is 9.59 Å². The first-order chi connectivity index (χ1) is 12.5. The van der Waals surface area contributed by atoms with Crippen LogP contribution in [0.15, 0.2) is 48.5 Å². The number of hydrogen-bond donors (Lipinski definition) is 2. The fourth-order valence-corrected chi connectivity index (χ4v) is 2.85. The molecule has 0 aliphatic carbocycles. The van der Waals surface area contributed by atoms with Crippen LogP contribution < -0.4 is 10.6 Å². The Balaban J connectivity index is 2.12. The van der Waals surface area contributed by atoms with E-state index in [-0.39, 0.29) is 17.7 Å². The highest BCUT2D eigenvalue weighted by Gasteiger charge is 2.19. The van der Waals surface area contributed by atoms with E-state index in [1.807, 2.05) is 13.0 Å². The Hall–Kier alpha value is -2.33. The van der Waals surface area contributed by atoms with Gasteiger partial charge in [0.1, 0.15) is 0 Å². The number of para-hydroxylation sites is 1. The van der Waals surface area contributed by atoms with Crippen molar-refractivity contribution in [3.05, 3.63) is 59.1 Å². The van der Waals surface area contributed by atoms with Crippen LogP contribution in [0.25, 0.3) is 0 Å². The number of carbonyl (C=O) groups excluding carboxylic acids is 2. The molecule has 26 heavy (non-hydrogen) atoms. The van der Waals surface area contributed by atoms with Gasteiger partial charge in [-0.1, -0.05) is 50.4 Å². The van der Waals surface area contributed by atoms with E-state index < -0.39 is 0 Å². The Labute approximate surface area is 159 Å². The Morgan fingerprint density at radius 3 is 2.35 bits per heavy atom. The molecule has 138 valence electrons. The first kappa shape index (κ1) is 20.0. The molecule has 0 unspecified atom stereocenters. The van der Waals surface area contributed by atoms with Crippen LogP contribution in [0.2, 0.25) is 5.02 Å². The highest BCUT2D eigenvalue weighted by Crippen LogP contribution is 2.21. The van der Waals surface area contributed by atoms with Gasteiger partial charge in [0.2, 0.25) is 5.91 Å². The van der Waals surface area contributed by atoms with Crippen molar-refractivity contribution in [1.29, 1.82) is 0 Å². The van der Waals surface area contributed by atoms with Crippen LogP contribution in [-0.4, -0.2) is 11.8 Å². The molecular weight excluding hydrogens is 348 g/mol. The van der Waals surface area contributed by atoms with Gasteiger partial charge in [0, 0.05) is 16.6 Å². The van der Waals surface area contributed by atoms with E-state index in [1.165, 1.54) is 0 Å². The molecule has 2 aromatic carbocycles. The van der Waals surface area contributed by atoms with Crippen LogP contribution in [-0.2, 0) is 4.79 Å². The molecule has 0 saturated carbocycles. The second-order valence-electron chi connectivity index (χ2n) is 6.24. The summed E-state index contributed by atoms with van der Waals surface area (Å²) in [6, 6.07) is 13.9. The average molecular weight is 373 g/mol. The number of amides is 2. The van der Waals surface area contributed by atoms with Gasteiger partial charge in [0.25, 0.3) is 5.91 Å². The zero-order valence-electron chi connectivity index (χ0n) is 15.2. The molecule has 4 nitrogen and oxygen atoms in total. The highest BCUT2D eigenvalue weighted by atomic mass is 35.5. The van der Waals surface area contributed by atoms with Crippen molar-refractivity contribution >= 4 is 34.8 Å². The summed E-state index contributed by atoms with van der Waals surface area (Å²) in [5.41, 5.74) is 1.61. The maximum atomic E-state index is 12.6. The van der Waals surface area contributed by atoms with Gasteiger partial charge in [0.05, 0.1) is 11.3 Å². The topological polar surface area (TPSA) is 58.2 Å². The van der Waals surface area contributed by atoms with Crippen molar-refractivity contribution < 1.29 is 9.59 Å². The summed E-state index contributed by atoms with van der Waals surface area (Å²) in [5.74, 6) is -0.347. The summed E-state index contributed by atoms with van der Waals surface area (Å²) < 4.78 is 0. The van der Waals surface area contributed by atoms with Gasteiger partial charge in [-0.3, -0.25) is 9.59 Å². The monoisotopic (exact) mass is 372 g/mol. The van der Waals surface area contributed by atoms with Gasteiger partial charge in [-0.15, -0.1) is 0 Å². The van der Waals surface area contributed by atoms with Crippen LogP contribution >= 0.6 is 11.6 Å². The molecule has 0 saturated heterocycles. The summed E-state index contributed by atoms with van der Waals surface area (Å²) in [4.78, 5) is 25.2. The van der Waals surface area contributed by atoms with Gasteiger partial charge >= 0.3 is 0 Å². The maximum Gasteiger partial charge on any atom is 0.257 e. The Bertz CT molecular complexity index is 744. The van der Waals surface area contributed by atoms with E-state index in [2.05, 4.69) is 17.6 Å². The zero-order chi connectivity index (χ0) is 18.9. The maximum absolute atomic E-state index is 12.6. The smallest absolute Gasteiger partial charge is 0.257 e. The second kappa shape index (κ2) is 9.97. The molecule has 2 N–H and O–H groups in total. The third-order valence-electron chi connectivity index (χ3n) is 4.30. The quantitative estimate of drug-likeness (QED) is 0.620. The molecule has 2 amide bonds. The molecule has 0 fully saturated rings. The van der Waals surface area contributed by atoms with Crippen molar-refractivity contribution in [2.45, 2.75) is 39.5 Å². The normalized spacial score (nSPS) is 11.7. The van der Waals surface area contributed by atoms with E-state index >= 15 is 0 Å². The summed E-state index contributed by atoms with van der Waals surface area (Å²) in [5, 5.41) is 6.36. The van der Waals surface area contributed by atoms with Gasteiger partial charge in [0.15, 0.2) is 0 Å². The molecule has 0 aromatic heterocycles. The van der Waals surface area contributed by atoms with Crippen LogP contribution in [0.3, 0.4) is 0 Å². The molecule has 0 aliphatic heterocycles. The molecular formula is C21H25ClN2O2. The molecule has 0 bridgehead atoms. The van der Waals surface area contributed by atoms with Crippen molar-refractivity contribution in [1.82, 2.24) is 0 Å². The number of unbranched alkanes of at least 4 members (excludes halogenated alkanes) is 1. The number of hydrogen-bond acceptors (Lipinski definition) is 2. The molecule has 0 spiro atoms. The lowest BCUT2D eigenvalue weighted by Gasteiger charge is -2.16. The number of rotatable bonds is 8. The van der Waals surface area contributed by atoms with Crippen molar-refractivity contribution in [2.24, 2.45) is 5.92 Å². The second-order valence-corrected chi connectivity index (χ2v) is 6.68. The van der Waals surface area contributed by atoms with Gasteiger partial charge in [-0.2, -0.15) is 0 Å². The minimum Gasteiger partial charge on any atom is -0.325 e. The van der Waals surface area contributed by atoms with Crippen molar-refractivity contribution in [3.8, 4) is 0 Å². The fraction of sp³-hybridized carbons (Fsp3) is 0.333. The Kier molecular flexibility index (Phi) is 7.67. The molecule has 0 heterocycles. The number of benzene rings is 2. The third-order valence-corrected chi connectivity index (χ3v) is 4.55. The van der Waals surface area contributed by atoms with Crippen LogP contribution in [0.1, 0.15) is 49.9 Å². The molecule has 5 heteroatoms. The third kappa shape index (κ3) is 5.60. The fourth-order valence-electron chi connectivity index (χ4n) is 2.73. The van der Waals surface area contributed by atoms with E-state index in [0.29, 0.717) is 22.0 Å². The number of nitrogens with one attached hydrogen (secondary N) is 2. The minimum atomic E-state index is -0.273. The highest BCUT2D eigenvalue weighted by molar-refractivity contribution is 6.30. The predicted octanol–water partition coefficient (Wildman–Crippen LogP) is 5.75. The molecule has 2 rings (SSSR count). The van der Waals surface area contributed by atoms with Crippen molar-refractivity contribution in [2.75, 3.05) is 10.6 Å². The van der Waals surface area contributed by atoms with Gasteiger partial charge < -0.3 is 10.6 Å². The predicted molar refractivity (Wildman–Crippen MR) is 108 cm³/mol. The minimum absolute atomic E-state index is 0.0345. The largest absolute Gasteiger partial charge is 0.325 e. The van der Waals surface area contributed by atoms with Crippen molar-refractivity contribution in [3.63, 3.8) is 0 Å². The lowest BCUT2D eigenvalue weighted by Crippen LogP contribution is -2.24. The Morgan fingerprint density at radius 1 is 1.00 bits per heavy atom. The number of anilines is 2. The average Bonchev–Trinajstić information content (AvgIpc) is 2.64. The lowest BCUT2D eigenvalue weighted by molar-refractivity contribution is -0.120. The molecule has 2 aromatic rings. The standard InChI is InChI=1S/C21H25ClN2O2/c1-3-5-8-15(4-2)20(25)24-19-10-7-6-9-18(19)21(26)23-17-13-11-16(22)12-14-17/h6-7,9-15H,3-5,8H2,1-2H3,(H,23,26)(H,24,25)/t15-/m0/s1.